The molecule has 3 N–H and O–H groups in total. The Balaban J connectivity index is 1.94. The summed E-state index contributed by atoms with van der Waals surface area (Å²) in [5.41, 5.74) is 0.620. The molecular formula is C23H30O5. The van der Waals surface area contributed by atoms with Gasteiger partial charge in [-0.05, 0) is 79.5 Å². The predicted molar refractivity (Wildman–Crippen MR) is 104 cm³/mol. The number of Topliss-reactive ketones (excluding diaryl/α,β-unsaturated/α-hetero) is 2. The molecule has 5 heteroatoms. The van der Waals surface area contributed by atoms with Crippen molar-refractivity contribution < 1.29 is 24.9 Å². The molecule has 0 saturated heterocycles. The predicted octanol–water partition coefficient (Wildman–Crippen LogP) is 3.18. The Morgan fingerprint density at radius 2 is 1.82 bits per heavy atom. The number of fused-ring (bicyclic) bond motifs is 5. The highest BCUT2D eigenvalue weighted by Gasteiger charge is 2.71. The molecule has 0 amide bonds. The summed E-state index contributed by atoms with van der Waals surface area (Å²) in [5.74, 6) is -0.873. The molecule has 2 saturated carbocycles. The van der Waals surface area contributed by atoms with Crippen molar-refractivity contribution in [3.05, 3.63) is 22.8 Å². The zero-order chi connectivity index (χ0) is 20.8. The molecule has 0 heterocycles. The van der Waals surface area contributed by atoms with Crippen molar-refractivity contribution in [2.45, 2.75) is 71.8 Å². The molecule has 0 spiro atoms. The number of carbonyl (C=O) groups excluding carboxylic acids is 2. The molecule has 6 atom stereocenters. The molecule has 0 aliphatic heterocycles. The number of hydrogen-bond acceptors (Lipinski definition) is 5. The first-order chi connectivity index (χ1) is 12.9. The summed E-state index contributed by atoms with van der Waals surface area (Å²) in [7, 11) is 0. The van der Waals surface area contributed by atoms with Gasteiger partial charge in [-0.3, -0.25) is 9.59 Å². The first kappa shape index (κ1) is 19.4. The van der Waals surface area contributed by atoms with Gasteiger partial charge in [0.1, 0.15) is 11.6 Å². The quantitative estimate of drug-likeness (QED) is 0.645. The van der Waals surface area contributed by atoms with Gasteiger partial charge in [0.25, 0.3) is 0 Å². The molecule has 5 nitrogen and oxygen atoms in total. The summed E-state index contributed by atoms with van der Waals surface area (Å²) in [5, 5.41) is 31.2. The van der Waals surface area contributed by atoms with E-state index in [1.54, 1.807) is 13.0 Å². The highest BCUT2D eigenvalue weighted by Crippen LogP contribution is 2.70. The average Bonchev–Trinajstić information content (AvgIpc) is 2.79. The Hall–Kier alpha value is -1.88. The minimum absolute atomic E-state index is 0.0407. The summed E-state index contributed by atoms with van der Waals surface area (Å²) in [4.78, 5) is 26.0. The number of benzene rings is 1. The van der Waals surface area contributed by atoms with Crippen LogP contribution in [0, 0.1) is 29.6 Å². The number of phenols is 2. The second-order valence-electron chi connectivity index (χ2n) is 9.98. The third kappa shape index (κ3) is 2.01. The van der Waals surface area contributed by atoms with Crippen LogP contribution in [0.5, 0.6) is 11.5 Å². The van der Waals surface area contributed by atoms with Crippen LogP contribution in [0.2, 0.25) is 0 Å². The molecule has 2 fully saturated rings. The third-order valence-corrected chi connectivity index (χ3v) is 8.92. The molecule has 4 rings (SSSR count). The Kier molecular flexibility index (Phi) is 3.88. The van der Waals surface area contributed by atoms with E-state index in [0.717, 1.165) is 17.5 Å². The van der Waals surface area contributed by atoms with E-state index >= 15 is 0 Å². The molecule has 152 valence electrons. The number of aliphatic hydroxyl groups is 1. The number of hydrogen-bond donors (Lipinski definition) is 3. The van der Waals surface area contributed by atoms with Crippen molar-refractivity contribution in [1.29, 1.82) is 0 Å². The molecular weight excluding hydrogens is 356 g/mol. The maximum atomic E-state index is 13.6. The summed E-state index contributed by atoms with van der Waals surface area (Å²) < 4.78 is 0. The molecule has 28 heavy (non-hydrogen) atoms. The van der Waals surface area contributed by atoms with Gasteiger partial charge < -0.3 is 15.3 Å². The number of aromatic hydroxyl groups is 2. The van der Waals surface area contributed by atoms with Gasteiger partial charge in [0.05, 0.1) is 11.5 Å². The molecule has 6 unspecified atom stereocenters. The van der Waals surface area contributed by atoms with Gasteiger partial charge in [-0.15, -0.1) is 0 Å². The summed E-state index contributed by atoms with van der Waals surface area (Å²) in [6.45, 7) is 9.38. The largest absolute Gasteiger partial charge is 0.504 e. The number of ketones is 2. The number of carbonyl (C=O) groups is 2. The standard InChI is InChI=1S/C23H30O5/c1-11-13-6-7-17-21(3)9-16(26)19(12(2)24)22(21,4)10-18(27)23(17,5)14(13)8-15(25)20(11)28/h8,16-17,19,25-26,28H,6-7,9-10H2,1-5H3. The molecule has 0 bridgehead atoms. The van der Waals surface area contributed by atoms with Crippen LogP contribution in [0.4, 0.5) is 0 Å². The highest BCUT2D eigenvalue weighted by atomic mass is 16.3. The van der Waals surface area contributed by atoms with Gasteiger partial charge in [0.2, 0.25) is 0 Å². The van der Waals surface area contributed by atoms with Crippen molar-refractivity contribution in [3.8, 4) is 11.5 Å². The molecule has 3 aliphatic rings. The van der Waals surface area contributed by atoms with Gasteiger partial charge in [-0.25, -0.2) is 0 Å². The molecule has 0 aromatic heterocycles. The zero-order valence-corrected chi connectivity index (χ0v) is 17.3. The fourth-order valence-electron chi connectivity index (χ4n) is 7.33. The third-order valence-electron chi connectivity index (χ3n) is 8.92. The lowest BCUT2D eigenvalue weighted by Crippen LogP contribution is -2.61. The van der Waals surface area contributed by atoms with E-state index in [0.29, 0.717) is 18.4 Å². The second-order valence-corrected chi connectivity index (χ2v) is 9.98. The van der Waals surface area contributed by atoms with Crippen LogP contribution in [-0.2, 0) is 21.4 Å². The normalized spacial score (nSPS) is 41.9. The lowest BCUT2D eigenvalue weighted by molar-refractivity contribution is -0.153. The van der Waals surface area contributed by atoms with Gasteiger partial charge in [0.15, 0.2) is 11.5 Å². The Bertz CT molecular complexity index is 905. The average molecular weight is 386 g/mol. The molecule has 1 aromatic rings. The lowest BCUT2D eigenvalue weighted by Gasteiger charge is -2.60. The van der Waals surface area contributed by atoms with Crippen LogP contribution in [0.15, 0.2) is 6.07 Å². The van der Waals surface area contributed by atoms with Crippen LogP contribution in [-0.4, -0.2) is 33.0 Å². The minimum Gasteiger partial charge on any atom is -0.504 e. The van der Waals surface area contributed by atoms with Gasteiger partial charge in [-0.1, -0.05) is 13.8 Å². The van der Waals surface area contributed by atoms with Crippen molar-refractivity contribution in [1.82, 2.24) is 0 Å². The maximum Gasteiger partial charge on any atom is 0.160 e. The SMILES string of the molecule is CC(=O)C1C(O)CC2(C)C3CCc4c(cc(O)c(O)c4C)C3(C)C(=O)CC12C. The number of rotatable bonds is 1. The summed E-state index contributed by atoms with van der Waals surface area (Å²) >= 11 is 0. The van der Waals surface area contributed by atoms with E-state index in [1.165, 1.54) is 6.92 Å². The van der Waals surface area contributed by atoms with Gasteiger partial charge >= 0.3 is 0 Å². The first-order valence-corrected chi connectivity index (χ1v) is 10.2. The van der Waals surface area contributed by atoms with Crippen LogP contribution in [0.1, 0.15) is 63.6 Å². The smallest absolute Gasteiger partial charge is 0.160 e. The zero-order valence-electron chi connectivity index (χ0n) is 17.3. The monoisotopic (exact) mass is 386 g/mol. The first-order valence-electron chi connectivity index (χ1n) is 10.2. The van der Waals surface area contributed by atoms with E-state index in [-0.39, 0.29) is 40.8 Å². The maximum absolute atomic E-state index is 13.6. The van der Waals surface area contributed by atoms with Gasteiger partial charge in [0, 0.05) is 12.3 Å². The highest BCUT2D eigenvalue weighted by molar-refractivity contribution is 5.94. The Morgan fingerprint density at radius 3 is 2.43 bits per heavy atom. The molecule has 3 aliphatic carbocycles. The van der Waals surface area contributed by atoms with Crippen molar-refractivity contribution >= 4 is 11.6 Å². The van der Waals surface area contributed by atoms with Gasteiger partial charge in [-0.2, -0.15) is 0 Å². The second kappa shape index (κ2) is 5.59. The minimum atomic E-state index is -0.802. The van der Waals surface area contributed by atoms with Crippen LogP contribution in [0.3, 0.4) is 0 Å². The van der Waals surface area contributed by atoms with E-state index < -0.39 is 22.9 Å². The topological polar surface area (TPSA) is 94.8 Å². The van der Waals surface area contributed by atoms with Crippen LogP contribution in [0.25, 0.3) is 0 Å². The van der Waals surface area contributed by atoms with Crippen molar-refractivity contribution in [2.75, 3.05) is 0 Å². The van der Waals surface area contributed by atoms with E-state index in [9.17, 15) is 24.9 Å². The lowest BCUT2D eigenvalue weighted by atomic mass is 9.42. The Morgan fingerprint density at radius 1 is 1.18 bits per heavy atom. The molecule has 0 radical (unpaired) electrons. The molecule has 1 aromatic carbocycles. The van der Waals surface area contributed by atoms with Crippen molar-refractivity contribution in [2.24, 2.45) is 22.7 Å². The summed E-state index contributed by atoms with van der Waals surface area (Å²) in [6, 6.07) is 1.56. The van der Waals surface area contributed by atoms with E-state index in [2.05, 4.69) is 6.92 Å². The number of phenolic OH excluding ortho intramolecular Hbond substituents is 2. The number of aliphatic hydroxyl groups excluding tert-OH is 1. The fraction of sp³-hybridized carbons (Fsp3) is 0.652. The fourth-order valence-corrected chi connectivity index (χ4v) is 7.33. The Labute approximate surface area is 165 Å². The van der Waals surface area contributed by atoms with Crippen LogP contribution < -0.4 is 0 Å². The van der Waals surface area contributed by atoms with Crippen LogP contribution >= 0.6 is 0 Å². The van der Waals surface area contributed by atoms with Crippen molar-refractivity contribution in [3.63, 3.8) is 0 Å². The van der Waals surface area contributed by atoms with E-state index in [1.807, 2.05) is 13.8 Å². The van der Waals surface area contributed by atoms with E-state index in [4.69, 9.17) is 0 Å². The summed E-state index contributed by atoms with van der Waals surface area (Å²) in [6.07, 6.45) is 1.45.